The van der Waals surface area contributed by atoms with E-state index in [1.54, 1.807) is 0 Å². The minimum Gasteiger partial charge on any atom is -0.392 e. The lowest BCUT2D eigenvalue weighted by Gasteiger charge is -2.56. The molecule has 10 rings (SSSR count). The molecule has 5 fully saturated rings. The number of aliphatic hydroxyl groups excluding tert-OH is 1. The average Bonchev–Trinajstić information content (AvgIpc) is 3.24. The van der Waals surface area contributed by atoms with Gasteiger partial charge in [-0.3, -0.25) is 4.90 Å². The van der Waals surface area contributed by atoms with E-state index in [1.165, 1.54) is 30.4 Å². The summed E-state index contributed by atoms with van der Waals surface area (Å²) in [5, 5.41) is 16.4. The molecule has 4 bridgehead atoms. The normalized spacial score (nSPS) is 27.4. The predicted molar refractivity (Wildman–Crippen MR) is 228 cm³/mol. The molecule has 0 radical (unpaired) electrons. The molecule has 4 saturated carbocycles. The fraction of sp³-hybridized carbons (Fsp3) is 0.392. The highest BCUT2D eigenvalue weighted by molar-refractivity contribution is 5.75. The van der Waals surface area contributed by atoms with E-state index in [0.717, 1.165) is 90.0 Å². The first-order chi connectivity index (χ1) is 28.4. The SMILES string of the molecule is C[C@H]1[C@@H](CN(Cc2ccccc2)Cc2ccccc2)O[C@@H](c2ccc(-c3cccc(CNC(=O)NC45CC6CC(CC(C6)C4)C5)c3)cc2)O[C@H]1c1ccc(CO)cc1. The van der Waals surface area contributed by atoms with E-state index in [1.807, 2.05) is 12.1 Å². The summed E-state index contributed by atoms with van der Waals surface area (Å²) in [5.41, 5.74) is 8.72. The number of nitrogens with one attached hydrogen (secondary N) is 2. The van der Waals surface area contributed by atoms with Crippen molar-refractivity contribution in [3.05, 3.63) is 167 Å². The molecule has 7 nitrogen and oxygen atoms in total. The third-order valence-electron chi connectivity index (χ3n) is 13.4. The molecule has 300 valence electrons. The van der Waals surface area contributed by atoms with Gasteiger partial charge in [0.2, 0.25) is 0 Å². The standard InChI is InChI=1S/C51H57N3O4/c1-35-47(33-54(31-36-9-4-2-5-10-36)32-37-11-6-3-7-12-37)57-49(58-48(35)44-17-15-38(34-55)16-18-44)45-21-19-43(20-22-45)46-14-8-13-39(26-46)30-52-50(56)53-51-27-40-23-41(28-51)25-42(24-40)29-51/h2-22,26,35,40-42,47-49,55H,23-25,27-34H2,1H3,(H2,52,53,56)/t35-,40?,41?,42?,47+,48+,49+,51?/m0/s1. The van der Waals surface area contributed by atoms with Gasteiger partial charge in [-0.15, -0.1) is 0 Å². The van der Waals surface area contributed by atoms with Crippen LogP contribution in [-0.2, 0) is 35.7 Å². The number of ether oxygens (including phenoxy) is 2. The molecule has 5 aromatic rings. The largest absolute Gasteiger partial charge is 0.392 e. The molecule has 0 aromatic heterocycles. The maximum atomic E-state index is 13.2. The molecule has 1 heterocycles. The number of carbonyl (C=O) groups excluding carboxylic acids is 1. The van der Waals surface area contributed by atoms with Gasteiger partial charge >= 0.3 is 6.03 Å². The van der Waals surface area contributed by atoms with Crippen molar-refractivity contribution in [3.8, 4) is 11.1 Å². The summed E-state index contributed by atoms with van der Waals surface area (Å²) in [5.74, 6) is 2.45. The second kappa shape index (κ2) is 17.2. The molecule has 5 aliphatic rings. The Bertz CT molecular complexity index is 2050. The fourth-order valence-corrected chi connectivity index (χ4v) is 10.9. The lowest BCUT2D eigenvalue weighted by atomic mass is 9.53. The van der Waals surface area contributed by atoms with Crippen molar-refractivity contribution in [1.29, 1.82) is 0 Å². The van der Waals surface area contributed by atoms with Gasteiger partial charge in [0.05, 0.1) is 18.8 Å². The van der Waals surface area contributed by atoms with E-state index >= 15 is 0 Å². The Morgan fingerprint density at radius 3 is 1.86 bits per heavy atom. The highest BCUT2D eigenvalue weighted by atomic mass is 16.7. The highest BCUT2D eigenvalue weighted by Crippen LogP contribution is 2.55. The van der Waals surface area contributed by atoms with Gasteiger partial charge < -0.3 is 25.2 Å². The zero-order valence-electron chi connectivity index (χ0n) is 33.6. The number of urea groups is 1. The van der Waals surface area contributed by atoms with E-state index in [0.29, 0.717) is 6.54 Å². The summed E-state index contributed by atoms with van der Waals surface area (Å²) in [6.45, 7) is 5.06. The van der Waals surface area contributed by atoms with Gasteiger partial charge in [-0.2, -0.15) is 0 Å². The summed E-state index contributed by atoms with van der Waals surface area (Å²) >= 11 is 0. The Morgan fingerprint density at radius 2 is 1.26 bits per heavy atom. The van der Waals surface area contributed by atoms with Crippen molar-refractivity contribution >= 4 is 6.03 Å². The van der Waals surface area contributed by atoms with Crippen LogP contribution < -0.4 is 10.6 Å². The Kier molecular flexibility index (Phi) is 11.5. The number of hydrogen-bond acceptors (Lipinski definition) is 5. The summed E-state index contributed by atoms with van der Waals surface area (Å²) in [4.78, 5) is 15.7. The van der Waals surface area contributed by atoms with Crippen LogP contribution in [0.2, 0.25) is 0 Å². The van der Waals surface area contributed by atoms with Gasteiger partial charge in [-0.05, 0) is 101 Å². The zero-order chi connectivity index (χ0) is 39.5. The van der Waals surface area contributed by atoms with Gasteiger partial charge in [0.25, 0.3) is 0 Å². The Labute approximate surface area is 343 Å². The van der Waals surface area contributed by atoms with Gasteiger partial charge in [-0.25, -0.2) is 4.79 Å². The van der Waals surface area contributed by atoms with E-state index < -0.39 is 6.29 Å². The van der Waals surface area contributed by atoms with Crippen LogP contribution in [0.25, 0.3) is 11.1 Å². The smallest absolute Gasteiger partial charge is 0.315 e. The van der Waals surface area contributed by atoms with Gasteiger partial charge in [0, 0.05) is 43.2 Å². The van der Waals surface area contributed by atoms with Crippen LogP contribution in [0.3, 0.4) is 0 Å². The number of rotatable bonds is 13. The molecule has 7 heteroatoms. The summed E-state index contributed by atoms with van der Waals surface area (Å²) in [7, 11) is 0. The highest BCUT2D eigenvalue weighted by Gasteiger charge is 2.51. The molecule has 58 heavy (non-hydrogen) atoms. The second-order valence-electron chi connectivity index (χ2n) is 17.8. The third-order valence-corrected chi connectivity index (χ3v) is 13.4. The first kappa shape index (κ1) is 38.7. The lowest BCUT2D eigenvalue weighted by Crippen LogP contribution is -2.61. The Morgan fingerprint density at radius 1 is 0.672 bits per heavy atom. The minimum atomic E-state index is -0.559. The summed E-state index contributed by atoms with van der Waals surface area (Å²) in [6.07, 6.45) is 6.66. The van der Waals surface area contributed by atoms with Crippen LogP contribution in [0, 0.1) is 23.7 Å². The second-order valence-corrected chi connectivity index (χ2v) is 17.8. The van der Waals surface area contributed by atoms with Gasteiger partial charge in [0.1, 0.15) is 0 Å². The zero-order valence-corrected chi connectivity index (χ0v) is 33.6. The lowest BCUT2D eigenvalue weighted by molar-refractivity contribution is -0.276. The van der Waals surface area contributed by atoms with Crippen molar-refractivity contribution in [1.82, 2.24) is 15.5 Å². The predicted octanol–water partition coefficient (Wildman–Crippen LogP) is 10.1. The maximum Gasteiger partial charge on any atom is 0.315 e. The number of aliphatic hydroxyl groups is 1. The quantitative estimate of drug-likeness (QED) is 0.111. The maximum absolute atomic E-state index is 13.2. The average molecular weight is 776 g/mol. The minimum absolute atomic E-state index is 0.000505. The first-order valence-electron chi connectivity index (χ1n) is 21.4. The molecule has 0 unspecified atom stereocenters. The van der Waals surface area contributed by atoms with E-state index in [9.17, 15) is 9.90 Å². The van der Waals surface area contributed by atoms with E-state index in [-0.39, 0.29) is 36.3 Å². The summed E-state index contributed by atoms with van der Waals surface area (Å²) < 4.78 is 13.8. The monoisotopic (exact) mass is 775 g/mol. The molecule has 2 amide bonds. The molecule has 1 aliphatic heterocycles. The molecule has 4 aliphatic carbocycles. The van der Waals surface area contributed by atoms with Crippen LogP contribution in [0.4, 0.5) is 4.79 Å². The number of amides is 2. The molecular formula is C51H57N3O4. The van der Waals surface area contributed by atoms with Crippen LogP contribution in [0.15, 0.2) is 133 Å². The van der Waals surface area contributed by atoms with Crippen LogP contribution in [0.1, 0.15) is 91.2 Å². The molecule has 1 saturated heterocycles. The van der Waals surface area contributed by atoms with Crippen molar-refractivity contribution < 1.29 is 19.4 Å². The molecular weight excluding hydrogens is 719 g/mol. The van der Waals surface area contributed by atoms with E-state index in [2.05, 4.69) is 144 Å². The molecule has 5 aromatic carbocycles. The van der Waals surface area contributed by atoms with Gasteiger partial charge in [0.15, 0.2) is 6.29 Å². The van der Waals surface area contributed by atoms with Crippen molar-refractivity contribution in [2.75, 3.05) is 6.54 Å². The molecule has 4 atom stereocenters. The van der Waals surface area contributed by atoms with Gasteiger partial charge in [-0.1, -0.05) is 134 Å². The number of benzene rings is 5. The van der Waals surface area contributed by atoms with Crippen molar-refractivity contribution in [2.24, 2.45) is 23.7 Å². The van der Waals surface area contributed by atoms with Crippen LogP contribution in [0.5, 0.6) is 0 Å². The van der Waals surface area contributed by atoms with E-state index in [4.69, 9.17) is 9.47 Å². The number of carbonyl (C=O) groups is 1. The topological polar surface area (TPSA) is 83.1 Å². The van der Waals surface area contributed by atoms with Crippen LogP contribution >= 0.6 is 0 Å². The third kappa shape index (κ3) is 8.93. The fourth-order valence-electron chi connectivity index (χ4n) is 10.9. The van der Waals surface area contributed by atoms with Crippen molar-refractivity contribution in [2.45, 2.75) is 95.7 Å². The van der Waals surface area contributed by atoms with Crippen LogP contribution in [-0.4, -0.2) is 34.2 Å². The first-order valence-corrected chi connectivity index (χ1v) is 21.4. The number of hydrogen-bond donors (Lipinski definition) is 3. The number of nitrogens with zero attached hydrogens (tertiary/aromatic N) is 1. The van der Waals surface area contributed by atoms with Crippen molar-refractivity contribution in [3.63, 3.8) is 0 Å². The Balaban J connectivity index is 0.902. The molecule has 0 spiro atoms. The Hall–Kier alpha value is -4.79. The summed E-state index contributed by atoms with van der Waals surface area (Å²) in [6, 6.07) is 46.3. The molecule has 3 N–H and O–H groups in total.